The van der Waals surface area contributed by atoms with E-state index in [1.54, 1.807) is 25.6 Å². The van der Waals surface area contributed by atoms with E-state index in [1.807, 2.05) is 19.1 Å². The van der Waals surface area contributed by atoms with E-state index in [4.69, 9.17) is 9.47 Å². The molecule has 0 aliphatic carbocycles. The zero-order valence-electron chi connectivity index (χ0n) is 12.1. The van der Waals surface area contributed by atoms with Gasteiger partial charge < -0.3 is 9.47 Å². The van der Waals surface area contributed by atoms with Crippen LogP contribution in [0.5, 0.6) is 11.5 Å². The van der Waals surface area contributed by atoms with Crippen LogP contribution in [0.1, 0.15) is 10.4 Å². The lowest BCUT2D eigenvalue weighted by molar-refractivity contribution is 0.402. The third kappa shape index (κ3) is 2.37. The van der Waals surface area contributed by atoms with Gasteiger partial charge in [-0.15, -0.1) is 11.3 Å². The molecule has 3 nitrogen and oxygen atoms in total. The molecular formula is C15H14O3S3. The smallest absolute Gasteiger partial charge is 0.288 e. The highest BCUT2D eigenvalue weighted by molar-refractivity contribution is 7.39. The minimum atomic E-state index is 0.134. The van der Waals surface area contributed by atoms with Crippen molar-refractivity contribution in [3.05, 3.63) is 31.4 Å². The third-order valence-electron chi connectivity index (χ3n) is 3.32. The summed E-state index contributed by atoms with van der Waals surface area (Å²) in [7, 11) is 3.33. The quantitative estimate of drug-likeness (QED) is 0.695. The van der Waals surface area contributed by atoms with E-state index in [-0.39, 0.29) is 4.06 Å². The lowest BCUT2D eigenvalue weighted by Crippen LogP contribution is -1.92. The SMILES string of the molecule is COc1cc(-c2sc(C)c3sc(=O)sc23)c(OC)cc1C. The number of hydrogen-bond donors (Lipinski definition) is 0. The Morgan fingerprint density at radius 1 is 0.905 bits per heavy atom. The number of rotatable bonds is 3. The van der Waals surface area contributed by atoms with Gasteiger partial charge in [0.25, 0.3) is 4.06 Å². The molecule has 0 saturated heterocycles. The highest BCUT2D eigenvalue weighted by atomic mass is 32.2. The van der Waals surface area contributed by atoms with E-state index >= 15 is 0 Å². The maximum absolute atomic E-state index is 11.7. The van der Waals surface area contributed by atoms with Gasteiger partial charge in [0.1, 0.15) is 11.5 Å². The minimum Gasteiger partial charge on any atom is -0.496 e. The van der Waals surface area contributed by atoms with Crippen LogP contribution < -0.4 is 13.5 Å². The van der Waals surface area contributed by atoms with Crippen LogP contribution >= 0.6 is 34.0 Å². The zero-order chi connectivity index (χ0) is 15.1. The highest BCUT2D eigenvalue weighted by Crippen LogP contribution is 2.46. The molecule has 0 atom stereocenters. The molecule has 0 aliphatic rings. The van der Waals surface area contributed by atoms with Crippen LogP contribution in [0.2, 0.25) is 0 Å². The molecular weight excluding hydrogens is 324 g/mol. The molecule has 110 valence electrons. The Balaban J connectivity index is 2.33. The average molecular weight is 338 g/mol. The van der Waals surface area contributed by atoms with Crippen LogP contribution in [0, 0.1) is 13.8 Å². The van der Waals surface area contributed by atoms with Crippen molar-refractivity contribution in [3.63, 3.8) is 0 Å². The third-order valence-corrected chi connectivity index (χ3v) is 7.01. The normalized spacial score (nSPS) is 11.0. The Morgan fingerprint density at radius 2 is 1.57 bits per heavy atom. The van der Waals surface area contributed by atoms with Crippen LogP contribution in [0.4, 0.5) is 0 Å². The number of benzene rings is 1. The summed E-state index contributed by atoms with van der Waals surface area (Å²) >= 11 is 4.33. The van der Waals surface area contributed by atoms with Gasteiger partial charge in [-0.25, -0.2) is 0 Å². The van der Waals surface area contributed by atoms with Crippen molar-refractivity contribution < 1.29 is 9.47 Å². The molecule has 0 aliphatic heterocycles. The van der Waals surface area contributed by atoms with Crippen molar-refractivity contribution >= 4 is 43.4 Å². The van der Waals surface area contributed by atoms with Gasteiger partial charge in [-0.2, -0.15) is 0 Å². The van der Waals surface area contributed by atoms with Gasteiger partial charge in [0.2, 0.25) is 0 Å². The number of hydrogen-bond acceptors (Lipinski definition) is 6. The largest absolute Gasteiger partial charge is 0.496 e. The van der Waals surface area contributed by atoms with Gasteiger partial charge in [0.05, 0.1) is 28.5 Å². The van der Waals surface area contributed by atoms with Crippen molar-refractivity contribution in [3.8, 4) is 21.9 Å². The predicted molar refractivity (Wildman–Crippen MR) is 91.9 cm³/mol. The molecule has 0 amide bonds. The molecule has 6 heteroatoms. The topological polar surface area (TPSA) is 35.5 Å². The van der Waals surface area contributed by atoms with Crippen LogP contribution in [-0.4, -0.2) is 14.2 Å². The van der Waals surface area contributed by atoms with Crippen LogP contribution in [0.3, 0.4) is 0 Å². The molecule has 0 radical (unpaired) electrons. The molecule has 3 aromatic rings. The summed E-state index contributed by atoms with van der Waals surface area (Å²) in [4.78, 5) is 14.0. The van der Waals surface area contributed by atoms with E-state index in [9.17, 15) is 4.79 Å². The molecule has 2 heterocycles. The predicted octanol–water partition coefficient (Wildman–Crippen LogP) is 4.69. The van der Waals surface area contributed by atoms with Gasteiger partial charge in [-0.3, -0.25) is 4.79 Å². The van der Waals surface area contributed by atoms with E-state index in [0.717, 1.165) is 36.9 Å². The first-order chi connectivity index (χ1) is 10.0. The van der Waals surface area contributed by atoms with Gasteiger partial charge >= 0.3 is 0 Å². The fourth-order valence-corrected chi connectivity index (χ4v) is 5.94. The monoisotopic (exact) mass is 338 g/mol. The Hall–Kier alpha value is -1.37. The Kier molecular flexibility index (Phi) is 3.77. The van der Waals surface area contributed by atoms with E-state index in [0.29, 0.717) is 0 Å². The number of methoxy groups -OCH3 is 2. The molecule has 1 aromatic carbocycles. The molecule has 0 saturated carbocycles. The van der Waals surface area contributed by atoms with Crippen molar-refractivity contribution in [2.75, 3.05) is 14.2 Å². The van der Waals surface area contributed by atoms with E-state index < -0.39 is 0 Å². The molecule has 0 bridgehead atoms. The van der Waals surface area contributed by atoms with Crippen LogP contribution in [0.25, 0.3) is 19.8 Å². The summed E-state index contributed by atoms with van der Waals surface area (Å²) in [5.41, 5.74) is 2.01. The van der Waals surface area contributed by atoms with Gasteiger partial charge in [-0.05, 0) is 31.5 Å². The lowest BCUT2D eigenvalue weighted by Gasteiger charge is -2.12. The molecule has 0 spiro atoms. The summed E-state index contributed by atoms with van der Waals surface area (Å²) < 4.78 is 13.2. The maximum Gasteiger partial charge on any atom is 0.288 e. The summed E-state index contributed by atoms with van der Waals surface area (Å²) in [5, 5.41) is 0. The first-order valence-corrected chi connectivity index (χ1v) is 8.76. The first-order valence-electron chi connectivity index (χ1n) is 6.31. The van der Waals surface area contributed by atoms with Crippen LogP contribution in [0.15, 0.2) is 16.9 Å². The minimum absolute atomic E-state index is 0.134. The van der Waals surface area contributed by atoms with E-state index in [1.165, 1.54) is 27.6 Å². The molecule has 2 aromatic heterocycles. The van der Waals surface area contributed by atoms with Crippen molar-refractivity contribution in [2.24, 2.45) is 0 Å². The van der Waals surface area contributed by atoms with Crippen molar-refractivity contribution in [1.82, 2.24) is 0 Å². The van der Waals surface area contributed by atoms with Gasteiger partial charge in [0.15, 0.2) is 0 Å². The lowest BCUT2D eigenvalue weighted by atomic mass is 10.1. The summed E-state index contributed by atoms with van der Waals surface area (Å²) in [6.07, 6.45) is 0. The standard InChI is InChI=1S/C15H14O3S3/c1-7-5-11(18-4)9(6-10(7)17-3)13-14-12(8(2)19-13)20-15(16)21-14/h5-6H,1-4H3. The van der Waals surface area contributed by atoms with Crippen LogP contribution in [-0.2, 0) is 0 Å². The highest BCUT2D eigenvalue weighted by Gasteiger charge is 2.19. The second-order valence-electron chi connectivity index (χ2n) is 4.62. The summed E-state index contributed by atoms with van der Waals surface area (Å²) in [5.74, 6) is 1.63. The average Bonchev–Trinajstić information content (AvgIpc) is 2.98. The number of aryl methyl sites for hydroxylation is 2. The van der Waals surface area contributed by atoms with Gasteiger partial charge in [-0.1, -0.05) is 22.7 Å². The Bertz CT molecular complexity index is 870. The maximum atomic E-state index is 11.7. The van der Waals surface area contributed by atoms with Gasteiger partial charge in [0, 0.05) is 10.4 Å². The number of ether oxygens (including phenoxy) is 2. The fourth-order valence-electron chi connectivity index (χ4n) is 2.31. The van der Waals surface area contributed by atoms with Crippen molar-refractivity contribution in [2.45, 2.75) is 13.8 Å². The molecule has 21 heavy (non-hydrogen) atoms. The van der Waals surface area contributed by atoms with E-state index in [2.05, 4.69) is 6.92 Å². The second-order valence-corrected chi connectivity index (χ2v) is 8.07. The summed E-state index contributed by atoms with van der Waals surface area (Å²) in [6, 6.07) is 3.97. The molecule has 0 unspecified atom stereocenters. The zero-order valence-corrected chi connectivity index (χ0v) is 14.6. The molecule has 0 N–H and O–H groups in total. The number of fused-ring (bicyclic) bond motifs is 1. The molecule has 0 fully saturated rings. The second kappa shape index (κ2) is 5.44. The molecule has 3 rings (SSSR count). The Labute approximate surface area is 134 Å². The first kappa shape index (κ1) is 14.6. The fraction of sp³-hybridized carbons (Fsp3) is 0.267. The van der Waals surface area contributed by atoms with Crippen molar-refractivity contribution in [1.29, 1.82) is 0 Å². The number of thiophene rings is 1. The Morgan fingerprint density at radius 3 is 2.24 bits per heavy atom. The summed E-state index contributed by atoms with van der Waals surface area (Å²) in [6.45, 7) is 4.04.